The van der Waals surface area contributed by atoms with Gasteiger partial charge in [-0.25, -0.2) is 0 Å². The summed E-state index contributed by atoms with van der Waals surface area (Å²) in [5, 5.41) is 0. The first-order valence-electron chi connectivity index (χ1n) is 9.50. The molecule has 0 radical (unpaired) electrons. The van der Waals surface area contributed by atoms with Crippen LogP contribution in [0, 0.1) is 0 Å². The van der Waals surface area contributed by atoms with Crippen molar-refractivity contribution in [3.05, 3.63) is 35.4 Å². The molecule has 142 valence electrons. The third-order valence-corrected chi connectivity index (χ3v) is 5.45. The van der Waals surface area contributed by atoms with E-state index in [0.717, 1.165) is 52.4 Å². The molecule has 3 rings (SSSR count). The van der Waals surface area contributed by atoms with Crippen LogP contribution in [0.5, 0.6) is 0 Å². The number of rotatable bonds is 6. The molecule has 26 heavy (non-hydrogen) atoms. The van der Waals surface area contributed by atoms with E-state index in [1.54, 1.807) is 12.1 Å². The summed E-state index contributed by atoms with van der Waals surface area (Å²) in [5.41, 5.74) is 1.15. The van der Waals surface area contributed by atoms with Gasteiger partial charge in [-0.1, -0.05) is 24.3 Å². The monoisotopic (exact) mass is 358 g/mol. The third kappa shape index (κ3) is 4.98. The summed E-state index contributed by atoms with van der Waals surface area (Å²) >= 11 is 0. The summed E-state index contributed by atoms with van der Waals surface area (Å²) in [7, 11) is 4.21. The lowest BCUT2D eigenvalue weighted by atomic mass is 9.99. The molecule has 2 aliphatic rings. The highest BCUT2D eigenvalue weighted by molar-refractivity contribution is 6.10. The van der Waals surface area contributed by atoms with E-state index >= 15 is 0 Å². The first-order chi connectivity index (χ1) is 12.5. The van der Waals surface area contributed by atoms with E-state index in [-0.39, 0.29) is 11.6 Å². The zero-order valence-electron chi connectivity index (χ0n) is 16.0. The Hall–Kier alpha value is -1.60. The first kappa shape index (κ1) is 19.2. The Morgan fingerprint density at radius 1 is 0.692 bits per heavy atom. The number of carbonyl (C=O) groups excluding carboxylic acids is 2. The SMILES string of the molecule is CN1CCN(CC(=O)c2ccccc2C(=O)CN2CCN(C)CC2)CC1. The topological polar surface area (TPSA) is 47.1 Å². The molecule has 0 atom stereocenters. The summed E-state index contributed by atoms with van der Waals surface area (Å²) in [6.07, 6.45) is 0. The number of hydrogen-bond donors (Lipinski definition) is 0. The molecule has 1 aromatic carbocycles. The van der Waals surface area contributed by atoms with E-state index in [2.05, 4.69) is 33.7 Å². The van der Waals surface area contributed by atoms with E-state index in [0.29, 0.717) is 24.2 Å². The average Bonchev–Trinajstić information content (AvgIpc) is 2.65. The van der Waals surface area contributed by atoms with E-state index in [1.807, 2.05) is 12.1 Å². The second kappa shape index (κ2) is 8.86. The fourth-order valence-electron chi connectivity index (χ4n) is 3.56. The number of hydrogen-bond acceptors (Lipinski definition) is 6. The molecular formula is C20H30N4O2. The van der Waals surface area contributed by atoms with Crippen molar-refractivity contribution in [3.8, 4) is 0 Å². The van der Waals surface area contributed by atoms with Crippen molar-refractivity contribution in [2.45, 2.75) is 0 Å². The van der Waals surface area contributed by atoms with Crippen LogP contribution in [-0.4, -0.2) is 111 Å². The summed E-state index contributed by atoms with van der Waals surface area (Å²) in [6.45, 7) is 8.33. The van der Waals surface area contributed by atoms with Crippen LogP contribution < -0.4 is 0 Å². The average molecular weight is 358 g/mol. The summed E-state index contributed by atoms with van der Waals surface area (Å²) in [5.74, 6) is 0.105. The third-order valence-electron chi connectivity index (χ3n) is 5.45. The molecule has 2 heterocycles. The van der Waals surface area contributed by atoms with Crippen molar-refractivity contribution in [2.24, 2.45) is 0 Å². The lowest BCUT2D eigenvalue weighted by Gasteiger charge is -2.32. The van der Waals surface area contributed by atoms with Crippen molar-refractivity contribution in [1.29, 1.82) is 0 Å². The van der Waals surface area contributed by atoms with Gasteiger partial charge >= 0.3 is 0 Å². The molecule has 0 unspecified atom stereocenters. The largest absolute Gasteiger partial charge is 0.304 e. The number of benzene rings is 1. The molecule has 2 saturated heterocycles. The molecule has 2 fully saturated rings. The van der Waals surface area contributed by atoms with Gasteiger partial charge in [0.25, 0.3) is 0 Å². The van der Waals surface area contributed by atoms with Crippen LogP contribution in [0.2, 0.25) is 0 Å². The second-order valence-corrected chi connectivity index (χ2v) is 7.55. The standard InChI is InChI=1S/C20H30N4O2/c1-21-7-11-23(12-8-21)15-19(25)17-5-3-4-6-18(17)20(26)16-24-13-9-22(2)10-14-24/h3-6H,7-16H2,1-2H3. The normalized spacial score (nSPS) is 21.0. The molecule has 0 aromatic heterocycles. The molecule has 0 amide bonds. The molecule has 6 nitrogen and oxygen atoms in total. The highest BCUT2D eigenvalue weighted by Crippen LogP contribution is 2.13. The van der Waals surface area contributed by atoms with Crippen LogP contribution >= 0.6 is 0 Å². The first-order valence-corrected chi connectivity index (χ1v) is 9.50. The van der Waals surface area contributed by atoms with E-state index in [9.17, 15) is 9.59 Å². The summed E-state index contributed by atoms with van der Waals surface area (Å²) < 4.78 is 0. The maximum Gasteiger partial charge on any atom is 0.177 e. The van der Waals surface area contributed by atoms with Gasteiger partial charge in [-0.15, -0.1) is 0 Å². The van der Waals surface area contributed by atoms with Crippen molar-refractivity contribution < 1.29 is 9.59 Å². The van der Waals surface area contributed by atoms with E-state index < -0.39 is 0 Å². The Bertz CT molecular complexity index is 577. The lowest BCUT2D eigenvalue weighted by molar-refractivity contribution is 0.0844. The molecule has 6 heteroatoms. The molecule has 0 spiro atoms. The predicted octanol–water partition coefficient (Wildman–Crippen LogP) is 0.547. The van der Waals surface area contributed by atoms with Crippen molar-refractivity contribution in [2.75, 3.05) is 79.5 Å². The highest BCUT2D eigenvalue weighted by Gasteiger charge is 2.23. The lowest BCUT2D eigenvalue weighted by Crippen LogP contribution is -2.47. The maximum absolute atomic E-state index is 12.8. The number of piperazine rings is 2. The zero-order chi connectivity index (χ0) is 18.5. The summed E-state index contributed by atoms with van der Waals surface area (Å²) in [6, 6.07) is 7.30. The Kier molecular flexibility index (Phi) is 6.53. The van der Waals surface area contributed by atoms with Gasteiger partial charge in [-0.05, 0) is 14.1 Å². The van der Waals surface area contributed by atoms with Gasteiger partial charge in [0.2, 0.25) is 0 Å². The van der Waals surface area contributed by atoms with Crippen LogP contribution in [0.4, 0.5) is 0 Å². The fourth-order valence-corrected chi connectivity index (χ4v) is 3.56. The van der Waals surface area contributed by atoms with Gasteiger partial charge in [0, 0.05) is 63.5 Å². The van der Waals surface area contributed by atoms with Crippen LogP contribution in [0.25, 0.3) is 0 Å². The molecule has 0 saturated carbocycles. The highest BCUT2D eigenvalue weighted by atomic mass is 16.1. The zero-order valence-corrected chi connectivity index (χ0v) is 16.0. The van der Waals surface area contributed by atoms with Crippen LogP contribution in [0.1, 0.15) is 20.7 Å². The smallest absolute Gasteiger partial charge is 0.177 e. The minimum atomic E-state index is 0.0527. The minimum absolute atomic E-state index is 0.0527. The molecular weight excluding hydrogens is 328 g/mol. The van der Waals surface area contributed by atoms with Gasteiger partial charge in [0.15, 0.2) is 11.6 Å². The van der Waals surface area contributed by atoms with Gasteiger partial charge in [0.1, 0.15) is 0 Å². The van der Waals surface area contributed by atoms with Crippen LogP contribution in [0.15, 0.2) is 24.3 Å². The molecule has 2 aliphatic heterocycles. The number of Topliss-reactive ketones (excluding diaryl/α,β-unsaturated/α-hetero) is 2. The van der Waals surface area contributed by atoms with Gasteiger partial charge in [-0.3, -0.25) is 19.4 Å². The molecule has 0 aliphatic carbocycles. The van der Waals surface area contributed by atoms with Crippen LogP contribution in [-0.2, 0) is 0 Å². The van der Waals surface area contributed by atoms with Crippen molar-refractivity contribution >= 4 is 11.6 Å². The molecule has 0 N–H and O–H groups in total. The second-order valence-electron chi connectivity index (χ2n) is 7.55. The Morgan fingerprint density at radius 2 is 1.04 bits per heavy atom. The Labute approximate surface area is 156 Å². The van der Waals surface area contributed by atoms with E-state index in [1.165, 1.54) is 0 Å². The summed E-state index contributed by atoms with van der Waals surface area (Å²) in [4.78, 5) is 34.6. The van der Waals surface area contributed by atoms with Gasteiger partial charge in [-0.2, -0.15) is 0 Å². The number of likely N-dealkylation sites (N-methyl/N-ethyl adjacent to an activating group) is 2. The number of carbonyl (C=O) groups is 2. The quantitative estimate of drug-likeness (QED) is 0.692. The van der Waals surface area contributed by atoms with Crippen molar-refractivity contribution in [3.63, 3.8) is 0 Å². The predicted molar refractivity (Wildman–Crippen MR) is 103 cm³/mol. The minimum Gasteiger partial charge on any atom is -0.304 e. The Balaban J connectivity index is 1.63. The Morgan fingerprint density at radius 3 is 1.38 bits per heavy atom. The number of ketones is 2. The molecule has 1 aromatic rings. The molecule has 0 bridgehead atoms. The van der Waals surface area contributed by atoms with Gasteiger partial charge in [0.05, 0.1) is 13.1 Å². The van der Waals surface area contributed by atoms with Crippen LogP contribution in [0.3, 0.4) is 0 Å². The maximum atomic E-state index is 12.8. The van der Waals surface area contributed by atoms with E-state index in [4.69, 9.17) is 0 Å². The van der Waals surface area contributed by atoms with Crippen molar-refractivity contribution in [1.82, 2.24) is 19.6 Å². The fraction of sp³-hybridized carbons (Fsp3) is 0.600. The van der Waals surface area contributed by atoms with Gasteiger partial charge < -0.3 is 9.80 Å². The number of nitrogens with zero attached hydrogens (tertiary/aromatic N) is 4.